The minimum Gasteiger partial charge on any atom is -0.336 e. The first-order valence-electron chi connectivity index (χ1n) is 7.95. The Morgan fingerprint density at radius 1 is 1.21 bits per heavy atom. The highest BCUT2D eigenvalue weighted by atomic mass is 16.2. The zero-order chi connectivity index (χ0) is 13.0. The number of urea groups is 1. The van der Waals surface area contributed by atoms with Crippen LogP contribution >= 0.6 is 0 Å². The van der Waals surface area contributed by atoms with Crippen molar-refractivity contribution in [3.63, 3.8) is 0 Å². The third-order valence-corrected chi connectivity index (χ3v) is 6.28. The standard InChI is InChI=1S/C15H25N3O/c16-9-13(18-2-1-17-14(18)19)15-6-10-3-11(7-15)5-12(4-10)8-15/h10-13H,1-9,16H2,(H,17,19). The van der Waals surface area contributed by atoms with Crippen LogP contribution in [0.2, 0.25) is 0 Å². The zero-order valence-corrected chi connectivity index (χ0v) is 11.6. The number of amides is 2. The molecular weight excluding hydrogens is 238 g/mol. The van der Waals surface area contributed by atoms with Gasteiger partial charge in [-0.3, -0.25) is 0 Å². The number of hydrogen-bond acceptors (Lipinski definition) is 2. The lowest BCUT2D eigenvalue weighted by Crippen LogP contribution is -2.59. The molecule has 1 heterocycles. The number of hydrogen-bond donors (Lipinski definition) is 2. The van der Waals surface area contributed by atoms with Gasteiger partial charge in [0.25, 0.3) is 0 Å². The normalized spacial score (nSPS) is 45.6. The molecule has 0 aromatic heterocycles. The Hall–Kier alpha value is -0.770. The quantitative estimate of drug-likeness (QED) is 0.812. The summed E-state index contributed by atoms with van der Waals surface area (Å²) in [5, 5.41) is 2.95. The van der Waals surface area contributed by atoms with Gasteiger partial charge in [-0.2, -0.15) is 0 Å². The van der Waals surface area contributed by atoms with Gasteiger partial charge in [0.1, 0.15) is 0 Å². The van der Waals surface area contributed by atoms with E-state index >= 15 is 0 Å². The van der Waals surface area contributed by atoms with Crippen LogP contribution in [0.25, 0.3) is 0 Å². The van der Waals surface area contributed by atoms with E-state index in [1.54, 1.807) is 0 Å². The predicted molar refractivity (Wildman–Crippen MR) is 73.6 cm³/mol. The molecular formula is C15H25N3O. The summed E-state index contributed by atoms with van der Waals surface area (Å²) in [6, 6.07) is 0.398. The molecule has 2 amide bonds. The fourth-order valence-electron chi connectivity index (χ4n) is 6.08. The van der Waals surface area contributed by atoms with Crippen LogP contribution < -0.4 is 11.1 Å². The van der Waals surface area contributed by atoms with Crippen LogP contribution in [0.3, 0.4) is 0 Å². The molecule has 106 valence electrons. The third kappa shape index (κ3) is 1.72. The van der Waals surface area contributed by atoms with E-state index in [1.165, 1.54) is 38.5 Å². The first kappa shape index (κ1) is 12.0. The number of nitrogens with zero attached hydrogens (tertiary/aromatic N) is 1. The van der Waals surface area contributed by atoms with Gasteiger partial charge in [0.05, 0.1) is 6.04 Å². The van der Waals surface area contributed by atoms with Crippen LogP contribution in [-0.2, 0) is 0 Å². The van der Waals surface area contributed by atoms with Crippen molar-refractivity contribution >= 4 is 6.03 Å². The summed E-state index contributed by atoms with van der Waals surface area (Å²) in [6.45, 7) is 2.28. The summed E-state index contributed by atoms with van der Waals surface area (Å²) in [7, 11) is 0. The molecule has 1 aliphatic heterocycles. The summed E-state index contributed by atoms with van der Waals surface area (Å²) in [6.07, 6.45) is 8.31. The zero-order valence-electron chi connectivity index (χ0n) is 11.6. The molecule has 1 saturated heterocycles. The molecule has 3 N–H and O–H groups in total. The number of carbonyl (C=O) groups is 1. The van der Waals surface area contributed by atoms with Gasteiger partial charge in [-0.25, -0.2) is 4.79 Å². The average molecular weight is 263 g/mol. The van der Waals surface area contributed by atoms with Gasteiger partial charge in [0.15, 0.2) is 0 Å². The molecule has 0 aromatic rings. The van der Waals surface area contributed by atoms with Crippen molar-refractivity contribution in [1.29, 1.82) is 0 Å². The highest BCUT2D eigenvalue weighted by molar-refractivity contribution is 5.76. The van der Waals surface area contributed by atoms with Crippen molar-refractivity contribution in [3.05, 3.63) is 0 Å². The summed E-state index contributed by atoms with van der Waals surface area (Å²) in [5.74, 6) is 2.77. The summed E-state index contributed by atoms with van der Waals surface area (Å²) < 4.78 is 0. The van der Waals surface area contributed by atoms with E-state index in [0.29, 0.717) is 12.0 Å². The molecule has 4 heteroatoms. The van der Waals surface area contributed by atoms with Gasteiger partial charge in [-0.15, -0.1) is 0 Å². The fourth-order valence-corrected chi connectivity index (χ4v) is 6.08. The number of rotatable bonds is 3. The van der Waals surface area contributed by atoms with E-state index in [9.17, 15) is 4.79 Å². The van der Waals surface area contributed by atoms with Crippen molar-refractivity contribution in [2.24, 2.45) is 28.9 Å². The van der Waals surface area contributed by atoms with Crippen LogP contribution in [0, 0.1) is 23.2 Å². The van der Waals surface area contributed by atoms with E-state index < -0.39 is 0 Å². The lowest BCUT2D eigenvalue weighted by Gasteiger charge is -2.60. The average Bonchev–Trinajstić information content (AvgIpc) is 2.74. The Balaban J connectivity index is 1.64. The van der Waals surface area contributed by atoms with Gasteiger partial charge < -0.3 is 16.0 Å². The molecule has 4 aliphatic carbocycles. The second-order valence-electron chi connectivity index (χ2n) is 7.46. The van der Waals surface area contributed by atoms with Crippen LogP contribution in [-0.4, -0.2) is 36.6 Å². The van der Waals surface area contributed by atoms with Gasteiger partial charge in [0.2, 0.25) is 0 Å². The van der Waals surface area contributed by atoms with Gasteiger partial charge in [0, 0.05) is 19.6 Å². The monoisotopic (exact) mass is 263 g/mol. The number of nitrogens with one attached hydrogen (secondary N) is 1. The molecule has 0 aromatic carbocycles. The van der Waals surface area contributed by atoms with E-state index in [2.05, 4.69) is 5.32 Å². The lowest BCUT2D eigenvalue weighted by molar-refractivity contribution is -0.0885. The van der Waals surface area contributed by atoms with Crippen molar-refractivity contribution in [2.75, 3.05) is 19.6 Å². The number of nitrogens with two attached hydrogens (primary N) is 1. The highest BCUT2D eigenvalue weighted by Crippen LogP contribution is 2.61. The Labute approximate surface area is 115 Å². The van der Waals surface area contributed by atoms with Crippen LogP contribution in [0.1, 0.15) is 38.5 Å². The second-order valence-corrected chi connectivity index (χ2v) is 7.46. The Kier molecular flexibility index (Phi) is 2.60. The first-order valence-corrected chi connectivity index (χ1v) is 7.95. The van der Waals surface area contributed by atoms with Crippen molar-refractivity contribution in [2.45, 2.75) is 44.6 Å². The van der Waals surface area contributed by atoms with Crippen molar-refractivity contribution in [1.82, 2.24) is 10.2 Å². The second kappa shape index (κ2) is 4.11. The minimum absolute atomic E-state index is 0.117. The maximum absolute atomic E-state index is 12.0. The van der Waals surface area contributed by atoms with Gasteiger partial charge in [-0.1, -0.05) is 0 Å². The fraction of sp³-hybridized carbons (Fsp3) is 0.933. The molecule has 0 radical (unpaired) electrons. The largest absolute Gasteiger partial charge is 0.336 e. The van der Waals surface area contributed by atoms with Crippen LogP contribution in [0.5, 0.6) is 0 Å². The van der Waals surface area contributed by atoms with Crippen LogP contribution in [0.4, 0.5) is 4.79 Å². The molecule has 4 saturated carbocycles. The van der Waals surface area contributed by atoms with Crippen LogP contribution in [0.15, 0.2) is 0 Å². The topological polar surface area (TPSA) is 58.4 Å². The van der Waals surface area contributed by atoms with E-state index in [-0.39, 0.29) is 12.1 Å². The Morgan fingerprint density at radius 2 is 1.79 bits per heavy atom. The molecule has 5 fully saturated rings. The van der Waals surface area contributed by atoms with Crippen molar-refractivity contribution < 1.29 is 4.79 Å². The van der Waals surface area contributed by atoms with E-state index in [0.717, 1.165) is 30.8 Å². The van der Waals surface area contributed by atoms with E-state index in [4.69, 9.17) is 5.73 Å². The molecule has 19 heavy (non-hydrogen) atoms. The maximum atomic E-state index is 12.0. The molecule has 0 spiro atoms. The summed E-state index contributed by atoms with van der Waals surface area (Å²) >= 11 is 0. The molecule has 4 bridgehead atoms. The predicted octanol–water partition coefficient (Wildman–Crippen LogP) is 1.56. The highest BCUT2D eigenvalue weighted by Gasteiger charge is 2.55. The molecule has 1 atom stereocenters. The van der Waals surface area contributed by atoms with Gasteiger partial charge in [-0.05, 0) is 61.7 Å². The summed E-state index contributed by atoms with van der Waals surface area (Å²) in [4.78, 5) is 14.1. The lowest BCUT2D eigenvalue weighted by atomic mass is 9.47. The third-order valence-electron chi connectivity index (χ3n) is 6.28. The molecule has 5 aliphatic rings. The van der Waals surface area contributed by atoms with Gasteiger partial charge >= 0.3 is 6.03 Å². The summed E-state index contributed by atoms with van der Waals surface area (Å²) in [5.41, 5.74) is 6.47. The Morgan fingerprint density at radius 3 is 2.21 bits per heavy atom. The smallest absolute Gasteiger partial charge is 0.317 e. The maximum Gasteiger partial charge on any atom is 0.317 e. The van der Waals surface area contributed by atoms with Crippen molar-refractivity contribution in [3.8, 4) is 0 Å². The number of carbonyl (C=O) groups excluding carboxylic acids is 1. The molecule has 1 unspecified atom stereocenters. The first-order chi connectivity index (χ1) is 9.20. The molecule has 5 rings (SSSR count). The molecule has 4 nitrogen and oxygen atoms in total. The van der Waals surface area contributed by atoms with E-state index in [1.807, 2.05) is 4.90 Å². The minimum atomic E-state index is 0.117. The SMILES string of the molecule is NCC(N1CCNC1=O)C12CC3CC(CC(C3)C1)C2. The Bertz CT molecular complexity index is 360.